The van der Waals surface area contributed by atoms with Crippen LogP contribution in [0.1, 0.15) is 44.1 Å². The maximum absolute atomic E-state index is 6.05. The molecule has 2 N–H and O–H groups in total. The quantitative estimate of drug-likeness (QED) is 0.513. The number of aliphatic imine (C=N–C) groups is 1. The van der Waals surface area contributed by atoms with E-state index in [2.05, 4.69) is 50.4 Å². The molecule has 0 aliphatic carbocycles. The molecule has 0 amide bonds. The number of aryl methyl sites for hydroxylation is 2. The molecule has 1 heterocycles. The summed E-state index contributed by atoms with van der Waals surface area (Å²) in [5.74, 6) is 1.71. The summed E-state index contributed by atoms with van der Waals surface area (Å²) in [6.45, 7) is 12.0. The Morgan fingerprint density at radius 3 is 2.50 bits per heavy atom. The maximum Gasteiger partial charge on any atom is 0.191 e. The second-order valence-corrected chi connectivity index (χ2v) is 7.20. The Labute approximate surface area is 169 Å². The fourth-order valence-electron chi connectivity index (χ4n) is 3.16. The Balaban J connectivity index is 1.98. The Morgan fingerprint density at radius 1 is 1.21 bits per heavy atom. The van der Waals surface area contributed by atoms with E-state index >= 15 is 0 Å². The van der Waals surface area contributed by atoms with Gasteiger partial charge in [-0.15, -0.1) is 0 Å². The Bertz CT molecular complexity index is 754. The Morgan fingerprint density at radius 2 is 1.93 bits per heavy atom. The van der Waals surface area contributed by atoms with Crippen molar-refractivity contribution in [1.29, 1.82) is 0 Å². The van der Waals surface area contributed by atoms with Crippen LogP contribution in [0.4, 0.5) is 0 Å². The van der Waals surface area contributed by atoms with Gasteiger partial charge in [0.25, 0.3) is 0 Å². The number of guanidine groups is 1. The van der Waals surface area contributed by atoms with Crippen LogP contribution >= 0.6 is 0 Å². The summed E-state index contributed by atoms with van der Waals surface area (Å²) < 4.78 is 8.00. The third-order valence-electron chi connectivity index (χ3n) is 4.85. The van der Waals surface area contributed by atoms with Crippen LogP contribution in [-0.4, -0.2) is 41.0 Å². The number of nitrogens with zero attached hydrogens (tertiary/aromatic N) is 3. The molecule has 0 aliphatic rings. The van der Waals surface area contributed by atoms with Crippen LogP contribution in [-0.2, 0) is 13.5 Å². The second kappa shape index (κ2) is 10.7. The highest BCUT2D eigenvalue weighted by molar-refractivity contribution is 5.80. The van der Waals surface area contributed by atoms with Crippen molar-refractivity contribution in [2.45, 2.75) is 59.6 Å². The molecule has 154 valence electrons. The monoisotopic (exact) mass is 385 g/mol. The van der Waals surface area contributed by atoms with Crippen LogP contribution in [0.2, 0.25) is 0 Å². The van der Waals surface area contributed by atoms with Crippen LogP contribution in [0.15, 0.2) is 35.3 Å². The van der Waals surface area contributed by atoms with Gasteiger partial charge < -0.3 is 15.4 Å². The van der Waals surface area contributed by atoms with Crippen LogP contribution < -0.4 is 15.4 Å². The standard InChI is InChI=1S/C22H35N5O/c1-7-19(28-20-12-10-9-11-13-20)15-24-22(23-8-2)25-16(3)14-21-17(4)26-27(6)18(21)5/h9-13,16,19H,7-8,14-15H2,1-6H3,(H2,23,24,25). The van der Waals surface area contributed by atoms with Crippen LogP contribution in [0.3, 0.4) is 0 Å². The minimum absolute atomic E-state index is 0.0518. The van der Waals surface area contributed by atoms with Crippen molar-refractivity contribution >= 4 is 5.96 Å². The van der Waals surface area contributed by atoms with Gasteiger partial charge in [-0.25, -0.2) is 4.99 Å². The second-order valence-electron chi connectivity index (χ2n) is 7.20. The molecule has 6 heteroatoms. The normalized spacial score (nSPS) is 13.9. The van der Waals surface area contributed by atoms with Crippen LogP contribution in [0.25, 0.3) is 0 Å². The molecule has 28 heavy (non-hydrogen) atoms. The van der Waals surface area contributed by atoms with Gasteiger partial charge in [0.1, 0.15) is 11.9 Å². The van der Waals surface area contributed by atoms with Gasteiger partial charge in [-0.2, -0.15) is 5.10 Å². The largest absolute Gasteiger partial charge is 0.489 e. The Hall–Kier alpha value is -2.50. The van der Waals surface area contributed by atoms with Gasteiger partial charge in [-0.3, -0.25) is 4.68 Å². The summed E-state index contributed by atoms with van der Waals surface area (Å²) in [6.07, 6.45) is 1.87. The fraction of sp³-hybridized carbons (Fsp3) is 0.545. The van der Waals surface area contributed by atoms with Gasteiger partial charge in [0, 0.05) is 25.3 Å². The molecule has 6 nitrogen and oxygen atoms in total. The van der Waals surface area contributed by atoms with E-state index in [0.29, 0.717) is 6.54 Å². The third kappa shape index (κ3) is 6.29. The van der Waals surface area contributed by atoms with Crippen molar-refractivity contribution in [2.24, 2.45) is 12.0 Å². The average molecular weight is 386 g/mol. The molecule has 2 rings (SSSR count). The molecule has 0 aliphatic heterocycles. The summed E-state index contributed by atoms with van der Waals surface area (Å²) in [6, 6.07) is 10.2. The number of nitrogens with one attached hydrogen (secondary N) is 2. The fourth-order valence-corrected chi connectivity index (χ4v) is 3.16. The van der Waals surface area contributed by atoms with Gasteiger partial charge in [0.15, 0.2) is 5.96 Å². The zero-order valence-corrected chi connectivity index (χ0v) is 18.1. The van der Waals surface area contributed by atoms with Gasteiger partial charge in [0.05, 0.1) is 12.2 Å². The third-order valence-corrected chi connectivity index (χ3v) is 4.85. The van der Waals surface area contributed by atoms with Crippen molar-refractivity contribution in [3.8, 4) is 5.75 Å². The van der Waals surface area contributed by atoms with Crippen molar-refractivity contribution in [3.63, 3.8) is 0 Å². The maximum atomic E-state index is 6.05. The molecular formula is C22H35N5O. The van der Waals surface area contributed by atoms with Gasteiger partial charge in [-0.1, -0.05) is 25.1 Å². The molecule has 2 atom stereocenters. The minimum atomic E-state index is 0.0518. The number of para-hydroxylation sites is 1. The van der Waals surface area contributed by atoms with E-state index in [1.54, 1.807) is 0 Å². The summed E-state index contributed by atoms with van der Waals surface area (Å²) in [7, 11) is 1.99. The molecule has 0 bridgehead atoms. The highest BCUT2D eigenvalue weighted by Crippen LogP contribution is 2.14. The summed E-state index contributed by atoms with van der Waals surface area (Å²) >= 11 is 0. The van der Waals surface area contributed by atoms with E-state index in [1.165, 1.54) is 11.3 Å². The van der Waals surface area contributed by atoms with E-state index in [-0.39, 0.29) is 12.1 Å². The molecule has 2 aromatic rings. The zero-order valence-electron chi connectivity index (χ0n) is 18.1. The zero-order chi connectivity index (χ0) is 20.5. The first kappa shape index (κ1) is 21.8. The summed E-state index contributed by atoms with van der Waals surface area (Å²) in [4.78, 5) is 4.76. The Kier molecular flexibility index (Phi) is 8.36. The highest BCUT2D eigenvalue weighted by Gasteiger charge is 2.14. The predicted octanol–water partition coefficient (Wildman–Crippen LogP) is 3.38. The van der Waals surface area contributed by atoms with Crippen molar-refractivity contribution < 1.29 is 4.74 Å². The molecule has 1 aromatic carbocycles. The van der Waals surface area contributed by atoms with Crippen molar-refractivity contribution in [3.05, 3.63) is 47.3 Å². The first-order valence-corrected chi connectivity index (χ1v) is 10.2. The van der Waals surface area contributed by atoms with E-state index < -0.39 is 0 Å². The van der Waals surface area contributed by atoms with Crippen LogP contribution in [0, 0.1) is 13.8 Å². The predicted molar refractivity (Wildman–Crippen MR) is 116 cm³/mol. The first-order valence-electron chi connectivity index (χ1n) is 10.2. The van der Waals surface area contributed by atoms with Crippen LogP contribution in [0.5, 0.6) is 5.75 Å². The van der Waals surface area contributed by atoms with E-state index in [9.17, 15) is 0 Å². The number of benzene rings is 1. The molecule has 0 radical (unpaired) electrons. The molecular weight excluding hydrogens is 350 g/mol. The number of rotatable bonds is 9. The summed E-state index contributed by atoms with van der Waals surface area (Å²) in [5, 5.41) is 11.4. The van der Waals surface area contributed by atoms with Gasteiger partial charge in [0.2, 0.25) is 0 Å². The van der Waals surface area contributed by atoms with Crippen molar-refractivity contribution in [2.75, 3.05) is 13.1 Å². The van der Waals surface area contributed by atoms with Gasteiger partial charge >= 0.3 is 0 Å². The lowest BCUT2D eigenvalue weighted by molar-refractivity contribution is 0.205. The van der Waals surface area contributed by atoms with E-state index in [0.717, 1.165) is 36.8 Å². The molecule has 0 spiro atoms. The lowest BCUT2D eigenvalue weighted by atomic mass is 10.1. The molecule has 0 fully saturated rings. The first-order chi connectivity index (χ1) is 13.4. The minimum Gasteiger partial charge on any atom is -0.489 e. The molecule has 2 unspecified atom stereocenters. The van der Waals surface area contributed by atoms with E-state index in [4.69, 9.17) is 9.73 Å². The number of hydrogen-bond donors (Lipinski definition) is 2. The van der Waals surface area contributed by atoms with Gasteiger partial charge in [-0.05, 0) is 58.2 Å². The molecule has 0 saturated carbocycles. The SMILES string of the molecule is CCNC(=NCC(CC)Oc1ccccc1)NC(C)Cc1c(C)nn(C)c1C. The highest BCUT2D eigenvalue weighted by atomic mass is 16.5. The topological polar surface area (TPSA) is 63.5 Å². The van der Waals surface area contributed by atoms with E-state index in [1.807, 2.05) is 42.1 Å². The molecule has 1 aromatic heterocycles. The lowest BCUT2D eigenvalue weighted by Crippen LogP contribution is -2.43. The average Bonchev–Trinajstić information content (AvgIpc) is 2.92. The molecule has 0 saturated heterocycles. The number of ether oxygens (including phenoxy) is 1. The lowest BCUT2D eigenvalue weighted by Gasteiger charge is -2.20. The summed E-state index contributed by atoms with van der Waals surface area (Å²) in [5.41, 5.74) is 3.62. The number of aromatic nitrogens is 2. The smallest absolute Gasteiger partial charge is 0.191 e. The van der Waals surface area contributed by atoms with Crippen molar-refractivity contribution in [1.82, 2.24) is 20.4 Å². The number of hydrogen-bond acceptors (Lipinski definition) is 3.